The summed E-state index contributed by atoms with van der Waals surface area (Å²) in [7, 11) is 1.88. The molecule has 2 bridgehead atoms. The van der Waals surface area contributed by atoms with Crippen LogP contribution in [-0.4, -0.2) is 81.2 Å². The smallest absolute Gasteiger partial charge is 0.319 e. The molecule has 4 aliphatic heterocycles. The van der Waals surface area contributed by atoms with Crippen LogP contribution in [0.5, 0.6) is 6.01 Å². The number of aromatic nitrogens is 4. The summed E-state index contributed by atoms with van der Waals surface area (Å²) in [6.45, 7) is 3.30. The van der Waals surface area contributed by atoms with Gasteiger partial charge in [-0.15, -0.1) is 6.42 Å². The third-order valence-electron chi connectivity index (χ3n) is 10.8. The lowest BCUT2D eigenvalue weighted by atomic mass is 9.91. The van der Waals surface area contributed by atoms with E-state index in [4.69, 9.17) is 32.0 Å². The van der Waals surface area contributed by atoms with Crippen molar-refractivity contribution in [2.75, 3.05) is 43.4 Å². The van der Waals surface area contributed by atoms with Crippen LogP contribution in [0.3, 0.4) is 0 Å². The van der Waals surface area contributed by atoms with Gasteiger partial charge in [0.1, 0.15) is 29.9 Å². The first-order chi connectivity index (χ1) is 22.8. The molecule has 4 aliphatic rings. The fraction of sp³-hybridized carbons (Fsp3) is 0.417. The van der Waals surface area contributed by atoms with Gasteiger partial charge < -0.3 is 20.7 Å². The van der Waals surface area contributed by atoms with Gasteiger partial charge in [-0.3, -0.25) is 9.58 Å². The second kappa shape index (κ2) is 10.5. The Morgan fingerprint density at radius 1 is 1.11 bits per heavy atom. The van der Waals surface area contributed by atoms with Crippen LogP contribution >= 0.6 is 0 Å². The van der Waals surface area contributed by atoms with E-state index in [9.17, 15) is 4.39 Å². The maximum Gasteiger partial charge on any atom is 0.319 e. The number of nitrogens with zero attached hydrogens (tertiary/aromatic N) is 6. The second-order valence-corrected chi connectivity index (χ2v) is 13.9. The lowest BCUT2D eigenvalue weighted by Crippen LogP contribution is -2.51. The number of nitrogen functional groups attached to an aromatic ring is 1. The topological polar surface area (TPSA) is 97.4 Å². The summed E-state index contributed by atoms with van der Waals surface area (Å²) in [5, 5.41) is 11.7. The molecule has 3 N–H and O–H groups in total. The third-order valence-corrected chi connectivity index (χ3v) is 10.8. The van der Waals surface area contributed by atoms with Crippen molar-refractivity contribution in [3.8, 4) is 29.5 Å². The van der Waals surface area contributed by atoms with Gasteiger partial charge in [-0.25, -0.2) is 8.78 Å². The summed E-state index contributed by atoms with van der Waals surface area (Å²) in [5.74, 6) is 2.90. The van der Waals surface area contributed by atoms with Crippen LogP contribution < -0.4 is 20.7 Å². The van der Waals surface area contributed by atoms with Crippen molar-refractivity contribution in [3.63, 3.8) is 0 Å². The Hall–Kier alpha value is -4.53. The highest BCUT2D eigenvalue weighted by Crippen LogP contribution is 2.44. The number of terminal acetylenes is 1. The maximum absolute atomic E-state index is 15.1. The number of rotatable bonds is 5. The Labute approximate surface area is 271 Å². The molecule has 4 atom stereocenters. The van der Waals surface area contributed by atoms with Crippen LogP contribution in [0.1, 0.15) is 37.7 Å². The minimum atomic E-state index is -0.851. The number of piperazine rings is 1. The van der Waals surface area contributed by atoms with Crippen LogP contribution in [0.15, 0.2) is 36.5 Å². The monoisotopic (exact) mass is 634 g/mol. The predicted molar refractivity (Wildman–Crippen MR) is 180 cm³/mol. The zero-order valence-electron chi connectivity index (χ0n) is 26.3. The standard InChI is InChI=1S/C36H36F2N8O/c1-3-25-29(38)8-5-20-11-22(39)12-26(31(20)25)27-13-30-32(28-18-44(2)43-33(27)28)34(45-16-23-6-7-24(17-45)40-23)42-35(41-30)47-19-36-9-4-10-46(36)15-21(37)14-36/h1,5,8,11-13,18,21,23-24,40H,4,6-7,9-10,14-17,19,39H2,2H3/t21-,23-,24+,36+/m1/s1. The van der Waals surface area contributed by atoms with Crippen molar-refractivity contribution < 1.29 is 13.5 Å². The molecule has 9 nitrogen and oxygen atoms in total. The number of aryl methyl sites for hydroxylation is 1. The van der Waals surface area contributed by atoms with Crippen molar-refractivity contribution >= 4 is 44.1 Å². The van der Waals surface area contributed by atoms with Gasteiger partial charge in [0.2, 0.25) is 0 Å². The highest BCUT2D eigenvalue weighted by molar-refractivity contribution is 6.18. The summed E-state index contributed by atoms with van der Waals surface area (Å²) in [6.07, 6.45) is 11.6. The van der Waals surface area contributed by atoms with Gasteiger partial charge in [-0.05, 0) is 67.4 Å². The normalized spacial score (nSPS) is 25.7. The summed E-state index contributed by atoms with van der Waals surface area (Å²) in [4.78, 5) is 14.7. The maximum atomic E-state index is 15.1. The van der Waals surface area contributed by atoms with Gasteiger partial charge in [0.15, 0.2) is 0 Å². The van der Waals surface area contributed by atoms with Gasteiger partial charge in [0.25, 0.3) is 0 Å². The molecule has 0 spiro atoms. The number of nitrogens with one attached hydrogen (secondary N) is 1. The molecule has 0 radical (unpaired) electrons. The Bertz CT molecular complexity index is 2130. The van der Waals surface area contributed by atoms with E-state index < -0.39 is 12.0 Å². The Morgan fingerprint density at radius 3 is 2.74 bits per heavy atom. The number of halogens is 2. The first kappa shape index (κ1) is 28.7. The van der Waals surface area contributed by atoms with Crippen LogP contribution in [0, 0.1) is 18.2 Å². The molecule has 0 amide bonds. The molecule has 9 rings (SSSR count). The van der Waals surface area contributed by atoms with Gasteiger partial charge >= 0.3 is 6.01 Å². The summed E-state index contributed by atoms with van der Waals surface area (Å²) < 4.78 is 38.0. The largest absolute Gasteiger partial charge is 0.461 e. The first-order valence-corrected chi connectivity index (χ1v) is 16.5. The number of fused-ring (bicyclic) bond motifs is 7. The van der Waals surface area contributed by atoms with Gasteiger partial charge in [0, 0.05) is 73.4 Å². The number of hydrogen-bond donors (Lipinski definition) is 2. The fourth-order valence-electron chi connectivity index (χ4n) is 8.82. The zero-order valence-corrected chi connectivity index (χ0v) is 26.3. The van der Waals surface area contributed by atoms with E-state index in [1.165, 1.54) is 6.07 Å². The lowest BCUT2D eigenvalue weighted by molar-refractivity contribution is 0.107. The van der Waals surface area contributed by atoms with Crippen LogP contribution in [-0.2, 0) is 7.05 Å². The van der Waals surface area contributed by atoms with Crippen LogP contribution in [0.25, 0.3) is 43.7 Å². The quantitative estimate of drug-likeness (QED) is 0.208. The number of nitrogens with two attached hydrogens (primary N) is 1. The summed E-state index contributed by atoms with van der Waals surface area (Å²) in [6, 6.07) is 9.72. The van der Waals surface area contributed by atoms with E-state index in [0.717, 1.165) is 78.4 Å². The minimum Gasteiger partial charge on any atom is -0.461 e. The van der Waals surface area contributed by atoms with E-state index in [1.54, 1.807) is 16.8 Å². The number of benzene rings is 3. The molecule has 0 aliphatic carbocycles. The third kappa shape index (κ3) is 4.53. The molecular weight excluding hydrogens is 598 g/mol. The van der Waals surface area contributed by atoms with E-state index in [0.29, 0.717) is 53.8 Å². The summed E-state index contributed by atoms with van der Waals surface area (Å²) in [5.41, 5.74) is 9.60. The molecule has 0 unspecified atom stereocenters. The predicted octanol–water partition coefficient (Wildman–Crippen LogP) is 4.94. The molecule has 3 aromatic carbocycles. The second-order valence-electron chi connectivity index (χ2n) is 13.9. The molecular formula is C36H36F2N8O. The van der Waals surface area contributed by atoms with E-state index >= 15 is 4.39 Å². The Kier molecular flexibility index (Phi) is 6.40. The minimum absolute atomic E-state index is 0.175. The number of alkyl halides is 1. The lowest BCUT2D eigenvalue weighted by Gasteiger charge is -2.35. The number of hydrogen-bond acceptors (Lipinski definition) is 8. The van der Waals surface area contributed by atoms with Crippen molar-refractivity contribution in [1.29, 1.82) is 0 Å². The van der Waals surface area contributed by atoms with E-state index in [2.05, 4.69) is 21.0 Å². The molecule has 240 valence electrons. The van der Waals surface area contributed by atoms with Crippen LogP contribution in [0.4, 0.5) is 20.3 Å². The highest BCUT2D eigenvalue weighted by Gasteiger charge is 2.49. The average Bonchev–Trinajstić information content (AvgIpc) is 3.80. The molecule has 11 heteroatoms. The fourth-order valence-corrected chi connectivity index (χ4v) is 8.82. The molecule has 5 aromatic rings. The van der Waals surface area contributed by atoms with E-state index in [-0.39, 0.29) is 17.1 Å². The number of anilines is 2. The van der Waals surface area contributed by atoms with Gasteiger partial charge in [-0.2, -0.15) is 15.1 Å². The first-order valence-electron chi connectivity index (χ1n) is 16.5. The highest BCUT2D eigenvalue weighted by atomic mass is 19.1. The molecule has 6 heterocycles. The van der Waals surface area contributed by atoms with Crippen LogP contribution in [0.2, 0.25) is 0 Å². The SMILES string of the molecule is C#Cc1c(F)ccc2cc(N)cc(-c3cc4nc(OC[C@@]56CCCN5C[C@H](F)C6)nc(N5C[C@H]6CC[C@@H](C5)N6)c4c4cn(C)nc34)c12. The van der Waals surface area contributed by atoms with Crippen molar-refractivity contribution in [2.45, 2.75) is 55.9 Å². The molecule has 4 fully saturated rings. The molecule has 47 heavy (non-hydrogen) atoms. The van der Waals surface area contributed by atoms with E-state index in [1.807, 2.05) is 25.4 Å². The zero-order chi connectivity index (χ0) is 32.0. The Balaban J connectivity index is 1.27. The van der Waals surface area contributed by atoms with Crippen molar-refractivity contribution in [1.82, 2.24) is 30.0 Å². The average molecular weight is 635 g/mol. The summed E-state index contributed by atoms with van der Waals surface area (Å²) >= 11 is 0. The molecule has 0 saturated carbocycles. The Morgan fingerprint density at radius 2 is 1.94 bits per heavy atom. The van der Waals surface area contributed by atoms with Crippen molar-refractivity contribution in [2.24, 2.45) is 7.05 Å². The van der Waals surface area contributed by atoms with Gasteiger partial charge in [-0.1, -0.05) is 12.0 Å². The van der Waals surface area contributed by atoms with Gasteiger partial charge in [0.05, 0.1) is 22.0 Å². The molecule has 4 saturated heterocycles. The molecule has 2 aromatic heterocycles. The number of ether oxygens (including phenoxy) is 1. The van der Waals surface area contributed by atoms with Crippen molar-refractivity contribution in [3.05, 3.63) is 47.9 Å².